The van der Waals surface area contributed by atoms with E-state index in [0.29, 0.717) is 18.9 Å². The van der Waals surface area contributed by atoms with Gasteiger partial charge >= 0.3 is 6.18 Å². The molecule has 0 atom stereocenters. The Kier molecular flexibility index (Phi) is 5.23. The van der Waals surface area contributed by atoms with Crippen molar-refractivity contribution in [3.63, 3.8) is 0 Å². The molecule has 0 amide bonds. The molecule has 0 fully saturated rings. The number of nitro benzene ring substituents is 2. The van der Waals surface area contributed by atoms with E-state index in [0.717, 1.165) is 6.42 Å². The van der Waals surface area contributed by atoms with Gasteiger partial charge in [-0.05, 0) is 12.8 Å². The normalized spacial score (nSPS) is 11.4. The fourth-order valence-corrected chi connectivity index (χ4v) is 1.90. The minimum absolute atomic E-state index is 0.173. The lowest BCUT2D eigenvalue weighted by atomic mass is 9.98. The van der Waals surface area contributed by atoms with E-state index in [1.165, 1.54) is 0 Å². The van der Waals surface area contributed by atoms with Crippen molar-refractivity contribution in [3.05, 3.63) is 43.5 Å². The predicted octanol–water partition coefficient (Wildman–Crippen LogP) is 4.05. The Morgan fingerprint density at radius 3 is 2.24 bits per heavy atom. The molecule has 0 aliphatic rings. The van der Waals surface area contributed by atoms with Crippen molar-refractivity contribution in [1.82, 2.24) is 0 Å². The number of rotatable bonds is 6. The molecule has 21 heavy (non-hydrogen) atoms. The summed E-state index contributed by atoms with van der Waals surface area (Å²) in [6, 6.07) is 2.15. The van der Waals surface area contributed by atoms with Crippen LogP contribution in [0.15, 0.2) is 6.07 Å². The molecule has 0 aliphatic carbocycles. The molecular weight excluding hydrogens is 293 g/mol. The number of halogens is 3. The molecule has 0 aromatic heterocycles. The highest BCUT2D eigenvalue weighted by molar-refractivity contribution is 5.53. The SMILES string of the molecule is CCCCCc1c([N+](=O)[O-])[c]c([N+](=O)[O-])cc1C(F)(F)F. The van der Waals surface area contributed by atoms with E-state index >= 15 is 0 Å². The summed E-state index contributed by atoms with van der Waals surface area (Å²) in [5.74, 6) is 0. The molecule has 0 aliphatic heterocycles. The number of hydrogen-bond donors (Lipinski definition) is 0. The quantitative estimate of drug-likeness (QED) is 0.450. The van der Waals surface area contributed by atoms with Gasteiger partial charge in [0.1, 0.15) is 0 Å². The Balaban J connectivity index is 3.47. The summed E-state index contributed by atoms with van der Waals surface area (Å²) in [7, 11) is 0. The number of hydrogen-bond acceptors (Lipinski definition) is 4. The Labute approximate surface area is 117 Å². The first-order valence-corrected chi connectivity index (χ1v) is 6.13. The van der Waals surface area contributed by atoms with Gasteiger partial charge in [0, 0.05) is 11.6 Å². The van der Waals surface area contributed by atoms with Crippen molar-refractivity contribution in [3.8, 4) is 0 Å². The predicted molar refractivity (Wildman–Crippen MR) is 66.8 cm³/mol. The molecule has 1 rings (SSSR count). The van der Waals surface area contributed by atoms with Crippen LogP contribution in [0.3, 0.4) is 0 Å². The lowest BCUT2D eigenvalue weighted by Gasteiger charge is -2.12. The molecule has 6 nitrogen and oxygen atoms in total. The highest BCUT2D eigenvalue weighted by atomic mass is 19.4. The number of benzene rings is 1. The third-order valence-corrected chi connectivity index (χ3v) is 2.85. The smallest absolute Gasteiger partial charge is 0.258 e. The second-order valence-corrected chi connectivity index (χ2v) is 4.36. The molecule has 0 spiro atoms. The van der Waals surface area contributed by atoms with Gasteiger partial charge in [-0.2, -0.15) is 13.2 Å². The Bertz CT molecular complexity index is 558. The van der Waals surface area contributed by atoms with Crippen LogP contribution in [0.2, 0.25) is 0 Å². The summed E-state index contributed by atoms with van der Waals surface area (Å²) in [6.45, 7) is 1.83. The van der Waals surface area contributed by atoms with Gasteiger partial charge < -0.3 is 0 Å². The zero-order chi connectivity index (χ0) is 16.2. The summed E-state index contributed by atoms with van der Waals surface area (Å²) < 4.78 is 39.0. The second kappa shape index (κ2) is 6.51. The lowest BCUT2D eigenvalue weighted by molar-refractivity contribution is -0.395. The van der Waals surface area contributed by atoms with Crippen LogP contribution in [0, 0.1) is 26.3 Å². The van der Waals surface area contributed by atoms with E-state index in [4.69, 9.17) is 0 Å². The van der Waals surface area contributed by atoms with Gasteiger partial charge in [-0.3, -0.25) is 20.2 Å². The largest absolute Gasteiger partial charge is 0.417 e. The topological polar surface area (TPSA) is 86.3 Å². The van der Waals surface area contributed by atoms with Gasteiger partial charge in [0.2, 0.25) is 0 Å². The van der Waals surface area contributed by atoms with Crippen molar-refractivity contribution in [2.45, 2.75) is 38.8 Å². The number of unbranched alkanes of at least 4 members (excludes halogenated alkanes) is 2. The molecule has 0 heterocycles. The molecule has 0 saturated carbocycles. The summed E-state index contributed by atoms with van der Waals surface area (Å²) in [5, 5.41) is 21.5. The van der Waals surface area contributed by atoms with Gasteiger partial charge in [-0.25, -0.2) is 0 Å². The Morgan fingerprint density at radius 2 is 1.81 bits per heavy atom. The maximum Gasteiger partial charge on any atom is 0.417 e. The highest BCUT2D eigenvalue weighted by Crippen LogP contribution is 2.39. The number of nitro groups is 2. The first kappa shape index (κ1) is 16.9. The zero-order valence-electron chi connectivity index (χ0n) is 11.1. The first-order valence-electron chi connectivity index (χ1n) is 6.13. The summed E-state index contributed by atoms with van der Waals surface area (Å²) >= 11 is 0. The second-order valence-electron chi connectivity index (χ2n) is 4.36. The Hall–Kier alpha value is -2.19. The van der Waals surface area contributed by atoms with Crippen LogP contribution in [0.4, 0.5) is 24.5 Å². The van der Waals surface area contributed by atoms with Crippen molar-refractivity contribution in [1.29, 1.82) is 0 Å². The molecule has 1 radical (unpaired) electrons. The van der Waals surface area contributed by atoms with E-state index in [-0.39, 0.29) is 6.42 Å². The minimum atomic E-state index is -4.90. The third-order valence-electron chi connectivity index (χ3n) is 2.85. The van der Waals surface area contributed by atoms with Crippen LogP contribution >= 0.6 is 0 Å². The van der Waals surface area contributed by atoms with Crippen LogP contribution in [-0.4, -0.2) is 9.85 Å². The van der Waals surface area contributed by atoms with E-state index in [1.807, 2.05) is 13.0 Å². The summed E-state index contributed by atoms with van der Waals surface area (Å²) in [4.78, 5) is 19.3. The van der Waals surface area contributed by atoms with Crippen molar-refractivity contribution in [2.75, 3.05) is 0 Å². The summed E-state index contributed by atoms with van der Waals surface area (Å²) in [5.41, 5.74) is -3.93. The van der Waals surface area contributed by atoms with Crippen LogP contribution < -0.4 is 0 Å². The molecule has 9 heteroatoms. The lowest BCUT2D eigenvalue weighted by Crippen LogP contribution is -2.12. The first-order chi connectivity index (χ1) is 9.68. The van der Waals surface area contributed by atoms with Gasteiger partial charge in [-0.15, -0.1) is 0 Å². The van der Waals surface area contributed by atoms with Crippen LogP contribution in [0.1, 0.15) is 37.3 Å². The van der Waals surface area contributed by atoms with E-state index in [9.17, 15) is 33.4 Å². The standard InChI is InChI=1S/C12H12F3N2O4/c1-2-3-4-5-9-10(12(13,14)15)6-8(16(18)19)7-11(9)17(20)21/h6H,2-5H2,1H3. The number of alkyl halides is 3. The monoisotopic (exact) mass is 305 g/mol. The average molecular weight is 305 g/mol. The van der Waals surface area contributed by atoms with Crippen molar-refractivity contribution < 1.29 is 23.0 Å². The third kappa shape index (κ3) is 4.14. The minimum Gasteiger partial charge on any atom is -0.258 e. The molecule has 1 aromatic carbocycles. The Morgan fingerprint density at radius 1 is 1.19 bits per heavy atom. The number of nitrogens with zero attached hydrogens (tertiary/aromatic N) is 2. The maximum absolute atomic E-state index is 13.0. The molecule has 0 saturated heterocycles. The van der Waals surface area contributed by atoms with Crippen LogP contribution in [0.25, 0.3) is 0 Å². The maximum atomic E-state index is 13.0. The molecule has 115 valence electrons. The van der Waals surface area contributed by atoms with E-state index in [2.05, 4.69) is 0 Å². The highest BCUT2D eigenvalue weighted by Gasteiger charge is 2.39. The van der Waals surface area contributed by atoms with Crippen molar-refractivity contribution in [2.24, 2.45) is 0 Å². The average Bonchev–Trinajstić information content (AvgIpc) is 2.37. The summed E-state index contributed by atoms with van der Waals surface area (Å²) in [6.07, 6.45) is -3.41. The van der Waals surface area contributed by atoms with E-state index in [1.54, 1.807) is 0 Å². The fourth-order valence-electron chi connectivity index (χ4n) is 1.90. The van der Waals surface area contributed by atoms with Crippen LogP contribution in [-0.2, 0) is 12.6 Å². The van der Waals surface area contributed by atoms with Gasteiger partial charge in [0.05, 0.1) is 15.4 Å². The van der Waals surface area contributed by atoms with Crippen LogP contribution in [0.5, 0.6) is 0 Å². The molecule has 1 aromatic rings. The molecule has 0 bridgehead atoms. The molecule has 0 N–H and O–H groups in total. The molecular formula is C12H12F3N2O4. The zero-order valence-corrected chi connectivity index (χ0v) is 11.1. The van der Waals surface area contributed by atoms with E-state index < -0.39 is 38.5 Å². The number of non-ortho nitro benzene ring substituents is 1. The fraction of sp³-hybridized carbons (Fsp3) is 0.500. The van der Waals surface area contributed by atoms with Gasteiger partial charge in [0.25, 0.3) is 11.4 Å². The molecule has 0 unspecified atom stereocenters. The van der Waals surface area contributed by atoms with Gasteiger partial charge in [-0.1, -0.05) is 19.8 Å². The van der Waals surface area contributed by atoms with Gasteiger partial charge in [0.15, 0.2) is 6.07 Å². The van der Waals surface area contributed by atoms with Crippen molar-refractivity contribution >= 4 is 11.4 Å².